The number of nitrogens with zero attached hydrogens (tertiary/aromatic N) is 1. The molecule has 0 aromatic heterocycles. The van der Waals surface area contributed by atoms with Crippen LogP contribution < -0.4 is 10.2 Å². The highest BCUT2D eigenvalue weighted by Gasteiger charge is 2.24. The maximum absolute atomic E-state index is 11.9. The number of benzene rings is 1. The lowest BCUT2D eigenvalue weighted by Gasteiger charge is -2.33. The van der Waals surface area contributed by atoms with E-state index in [-0.39, 0.29) is 11.9 Å². The molecule has 1 aromatic rings. The minimum atomic E-state index is 0.161. The molecular formula is C15H22N2O. The van der Waals surface area contributed by atoms with E-state index in [9.17, 15) is 4.79 Å². The summed E-state index contributed by atoms with van der Waals surface area (Å²) in [5, 5.41) is 3.16. The molecule has 0 radical (unpaired) electrons. The lowest BCUT2D eigenvalue weighted by atomic mass is 9.96. The Balaban J connectivity index is 2.12. The Kier molecular flexibility index (Phi) is 3.90. The van der Waals surface area contributed by atoms with E-state index < -0.39 is 0 Å². The quantitative estimate of drug-likeness (QED) is 0.889. The first-order chi connectivity index (χ1) is 8.58. The first-order valence-electron chi connectivity index (χ1n) is 6.67. The molecule has 1 aliphatic rings. The molecule has 18 heavy (non-hydrogen) atoms. The van der Waals surface area contributed by atoms with Gasteiger partial charge < -0.3 is 10.2 Å². The molecule has 3 heteroatoms. The van der Waals surface area contributed by atoms with Gasteiger partial charge in [0.2, 0.25) is 5.91 Å². The van der Waals surface area contributed by atoms with Crippen molar-refractivity contribution in [2.45, 2.75) is 32.7 Å². The summed E-state index contributed by atoms with van der Waals surface area (Å²) in [5.74, 6) is 0.570. The molecule has 1 aliphatic heterocycles. The van der Waals surface area contributed by atoms with Gasteiger partial charge in [0.15, 0.2) is 0 Å². The summed E-state index contributed by atoms with van der Waals surface area (Å²) in [6.07, 6.45) is 1.59. The minimum Gasteiger partial charge on any atom is -0.374 e. The predicted molar refractivity (Wildman–Crippen MR) is 74.7 cm³/mol. The van der Waals surface area contributed by atoms with Crippen molar-refractivity contribution >= 4 is 11.6 Å². The third-order valence-electron chi connectivity index (χ3n) is 3.41. The molecule has 0 bridgehead atoms. The highest BCUT2D eigenvalue weighted by atomic mass is 16.1. The summed E-state index contributed by atoms with van der Waals surface area (Å²) in [7, 11) is 2.10. The molecule has 98 valence electrons. The maximum Gasteiger partial charge on any atom is 0.220 e. The van der Waals surface area contributed by atoms with Crippen LogP contribution in [0.3, 0.4) is 0 Å². The molecule has 0 saturated heterocycles. The molecule has 0 spiro atoms. The summed E-state index contributed by atoms with van der Waals surface area (Å²) < 4.78 is 0. The maximum atomic E-state index is 11.9. The van der Waals surface area contributed by atoms with Crippen LogP contribution in [0.1, 0.15) is 38.3 Å². The van der Waals surface area contributed by atoms with Gasteiger partial charge in [0.25, 0.3) is 0 Å². The zero-order valence-electron chi connectivity index (χ0n) is 11.4. The highest BCUT2D eigenvalue weighted by molar-refractivity contribution is 5.77. The van der Waals surface area contributed by atoms with Gasteiger partial charge in [-0.15, -0.1) is 0 Å². The molecule has 3 nitrogen and oxygen atoms in total. The van der Waals surface area contributed by atoms with Crippen molar-refractivity contribution in [3.8, 4) is 0 Å². The Hall–Kier alpha value is -1.51. The van der Waals surface area contributed by atoms with Crippen molar-refractivity contribution in [2.24, 2.45) is 5.92 Å². The van der Waals surface area contributed by atoms with Crippen molar-refractivity contribution in [1.82, 2.24) is 5.32 Å². The first-order valence-corrected chi connectivity index (χ1v) is 6.67. The van der Waals surface area contributed by atoms with E-state index in [0.29, 0.717) is 12.3 Å². The fourth-order valence-corrected chi connectivity index (χ4v) is 2.50. The van der Waals surface area contributed by atoms with Crippen LogP contribution >= 0.6 is 0 Å². The largest absolute Gasteiger partial charge is 0.374 e. The standard InChI is InChI=1S/C15H22N2O/c1-11(2)10-15(18)16-13-8-9-17(3)14-7-5-4-6-12(13)14/h4-7,11,13H,8-10H2,1-3H3,(H,16,18). The van der Waals surface area contributed by atoms with E-state index in [1.807, 2.05) is 12.1 Å². The van der Waals surface area contributed by atoms with Gasteiger partial charge >= 0.3 is 0 Å². The summed E-state index contributed by atoms with van der Waals surface area (Å²) >= 11 is 0. The smallest absolute Gasteiger partial charge is 0.220 e. The average molecular weight is 246 g/mol. The first kappa shape index (κ1) is 12.9. The molecule has 1 aromatic carbocycles. The predicted octanol–water partition coefficient (Wildman–Crippen LogP) is 2.73. The van der Waals surface area contributed by atoms with Crippen LogP contribution in [0.5, 0.6) is 0 Å². The summed E-state index contributed by atoms with van der Waals surface area (Å²) in [5.41, 5.74) is 2.47. The van der Waals surface area contributed by atoms with Crippen molar-refractivity contribution in [1.29, 1.82) is 0 Å². The number of para-hydroxylation sites is 1. The molecular weight excluding hydrogens is 224 g/mol. The van der Waals surface area contributed by atoms with E-state index in [1.165, 1.54) is 11.3 Å². The van der Waals surface area contributed by atoms with Crippen LogP contribution in [0, 0.1) is 5.92 Å². The van der Waals surface area contributed by atoms with Gasteiger partial charge in [-0.1, -0.05) is 32.0 Å². The Bertz CT molecular complexity index is 428. The van der Waals surface area contributed by atoms with Gasteiger partial charge in [-0.3, -0.25) is 4.79 Å². The molecule has 0 fully saturated rings. The van der Waals surface area contributed by atoms with Gasteiger partial charge in [0.1, 0.15) is 0 Å². The third kappa shape index (κ3) is 2.84. The van der Waals surface area contributed by atoms with Crippen LogP contribution in [0.2, 0.25) is 0 Å². The van der Waals surface area contributed by atoms with E-state index in [1.54, 1.807) is 0 Å². The number of fused-ring (bicyclic) bond motifs is 1. The second kappa shape index (κ2) is 5.42. The van der Waals surface area contributed by atoms with Crippen molar-refractivity contribution < 1.29 is 4.79 Å². The zero-order valence-corrected chi connectivity index (χ0v) is 11.4. The minimum absolute atomic E-state index is 0.161. The summed E-state index contributed by atoms with van der Waals surface area (Å²) in [6.45, 7) is 5.13. The molecule has 1 atom stereocenters. The number of anilines is 1. The van der Waals surface area contributed by atoms with E-state index >= 15 is 0 Å². The monoisotopic (exact) mass is 246 g/mol. The molecule has 1 N–H and O–H groups in total. The van der Waals surface area contributed by atoms with Crippen LogP contribution in [-0.2, 0) is 4.79 Å². The van der Waals surface area contributed by atoms with Gasteiger partial charge in [-0.05, 0) is 24.0 Å². The van der Waals surface area contributed by atoms with E-state index in [4.69, 9.17) is 0 Å². The van der Waals surface area contributed by atoms with Gasteiger partial charge in [-0.25, -0.2) is 0 Å². The Morgan fingerprint density at radius 1 is 1.44 bits per heavy atom. The van der Waals surface area contributed by atoms with Gasteiger partial charge in [0, 0.05) is 25.7 Å². The lowest BCUT2D eigenvalue weighted by Crippen LogP contribution is -2.36. The lowest BCUT2D eigenvalue weighted by molar-refractivity contribution is -0.122. The number of hydrogen-bond acceptors (Lipinski definition) is 2. The fraction of sp³-hybridized carbons (Fsp3) is 0.533. The molecule has 1 amide bonds. The average Bonchev–Trinajstić information content (AvgIpc) is 2.32. The van der Waals surface area contributed by atoms with Crippen molar-refractivity contribution in [3.05, 3.63) is 29.8 Å². The normalized spacial score (nSPS) is 18.7. The topological polar surface area (TPSA) is 32.3 Å². The fourth-order valence-electron chi connectivity index (χ4n) is 2.50. The Labute approximate surface area is 109 Å². The summed E-state index contributed by atoms with van der Waals surface area (Å²) in [6, 6.07) is 8.50. The second-order valence-corrected chi connectivity index (χ2v) is 5.49. The molecule has 1 heterocycles. The number of nitrogens with one attached hydrogen (secondary N) is 1. The molecule has 0 saturated carbocycles. The number of rotatable bonds is 3. The van der Waals surface area contributed by atoms with Gasteiger partial charge in [-0.2, -0.15) is 0 Å². The Morgan fingerprint density at radius 3 is 2.89 bits per heavy atom. The van der Waals surface area contributed by atoms with Crippen molar-refractivity contribution in [3.63, 3.8) is 0 Å². The van der Waals surface area contributed by atoms with Crippen LogP contribution in [0.4, 0.5) is 5.69 Å². The molecule has 0 aliphatic carbocycles. The molecule has 1 unspecified atom stereocenters. The second-order valence-electron chi connectivity index (χ2n) is 5.49. The highest BCUT2D eigenvalue weighted by Crippen LogP contribution is 2.32. The van der Waals surface area contributed by atoms with Crippen molar-refractivity contribution in [2.75, 3.05) is 18.5 Å². The number of carbonyl (C=O) groups excluding carboxylic acids is 1. The SMILES string of the molecule is CC(C)CC(=O)NC1CCN(C)c2ccccc21. The van der Waals surface area contributed by atoms with Crippen LogP contribution in [0.25, 0.3) is 0 Å². The van der Waals surface area contributed by atoms with Gasteiger partial charge in [0.05, 0.1) is 6.04 Å². The third-order valence-corrected chi connectivity index (χ3v) is 3.41. The number of amides is 1. The Morgan fingerprint density at radius 2 is 2.17 bits per heavy atom. The number of hydrogen-bond donors (Lipinski definition) is 1. The van der Waals surface area contributed by atoms with Crippen LogP contribution in [0.15, 0.2) is 24.3 Å². The number of carbonyl (C=O) groups is 1. The molecule has 2 rings (SSSR count). The zero-order chi connectivity index (χ0) is 13.1. The van der Waals surface area contributed by atoms with E-state index in [2.05, 4.69) is 43.2 Å². The van der Waals surface area contributed by atoms with E-state index in [0.717, 1.165) is 13.0 Å². The summed E-state index contributed by atoms with van der Waals surface area (Å²) in [4.78, 5) is 14.1. The van der Waals surface area contributed by atoms with Crippen LogP contribution in [-0.4, -0.2) is 19.5 Å².